The van der Waals surface area contributed by atoms with E-state index in [9.17, 15) is 0 Å². The van der Waals surface area contributed by atoms with Crippen molar-refractivity contribution in [3.8, 4) is 0 Å². The molecule has 1 fully saturated rings. The van der Waals surface area contributed by atoms with Crippen molar-refractivity contribution >= 4 is 29.1 Å². The highest BCUT2D eigenvalue weighted by molar-refractivity contribution is 8.66. The van der Waals surface area contributed by atoms with Gasteiger partial charge in [-0.2, -0.15) is 0 Å². The molecule has 0 amide bonds. The van der Waals surface area contributed by atoms with Crippen LogP contribution in [-0.4, -0.2) is 11.9 Å². The summed E-state index contributed by atoms with van der Waals surface area (Å²) in [6.45, 7) is 0. The molecular formula is C2H4PS2+. The van der Waals surface area contributed by atoms with Gasteiger partial charge in [-0.15, -0.1) is 0 Å². The average molecular weight is 123 g/mol. The summed E-state index contributed by atoms with van der Waals surface area (Å²) in [5.41, 5.74) is 0. The fourth-order valence-electron chi connectivity index (χ4n) is 0.166. The molecule has 1 aliphatic heterocycles. The van der Waals surface area contributed by atoms with Crippen molar-refractivity contribution in [1.82, 2.24) is 0 Å². The van der Waals surface area contributed by atoms with Crippen molar-refractivity contribution in [2.24, 2.45) is 0 Å². The largest absolute Gasteiger partial charge is 0.246 e. The van der Waals surface area contributed by atoms with Crippen LogP contribution in [0.15, 0.2) is 0 Å². The predicted octanol–water partition coefficient (Wildman–Crippen LogP) is 1.59. The van der Waals surface area contributed by atoms with Crippen LogP contribution in [0.2, 0.25) is 0 Å². The zero-order valence-electron chi connectivity index (χ0n) is 2.68. The summed E-state index contributed by atoms with van der Waals surface area (Å²) in [5.74, 6) is 1.41. The van der Waals surface area contributed by atoms with Gasteiger partial charge >= 0.3 is 0 Å². The van der Waals surface area contributed by atoms with Crippen molar-refractivity contribution in [2.75, 3.05) is 11.9 Å². The standard InChI is InChI=1S/C2H4PS2/c4-3-1-2-5-3/h1-2H2/q+1. The molecule has 0 aromatic carbocycles. The van der Waals surface area contributed by atoms with Gasteiger partial charge in [-0.25, -0.2) is 0 Å². The lowest BCUT2D eigenvalue weighted by Crippen LogP contribution is -1.87. The third kappa shape index (κ3) is 0.850. The van der Waals surface area contributed by atoms with Gasteiger partial charge in [0.2, 0.25) is 5.90 Å². The van der Waals surface area contributed by atoms with Gasteiger partial charge in [0.25, 0.3) is 0 Å². The highest BCUT2D eigenvalue weighted by Gasteiger charge is 2.22. The molecule has 0 aromatic rings. The normalized spacial score (nSPS) is 29.2. The predicted molar refractivity (Wildman–Crippen MR) is 31.6 cm³/mol. The molecule has 0 spiro atoms. The molecule has 0 aromatic heterocycles. The first kappa shape index (κ1) is 4.04. The zero-order valence-corrected chi connectivity index (χ0v) is 5.21. The van der Waals surface area contributed by atoms with Crippen LogP contribution in [0.1, 0.15) is 0 Å². The molecule has 0 nitrogen and oxygen atoms in total. The van der Waals surface area contributed by atoms with Crippen LogP contribution in [-0.2, 0) is 11.8 Å². The van der Waals surface area contributed by atoms with Gasteiger partial charge in [0.1, 0.15) is 6.16 Å². The van der Waals surface area contributed by atoms with Gasteiger partial charge in [-0.3, -0.25) is 0 Å². The molecule has 0 radical (unpaired) electrons. The maximum Gasteiger partial charge on any atom is 0.246 e. The Kier molecular flexibility index (Phi) is 1.25. The van der Waals surface area contributed by atoms with Crippen LogP contribution in [0, 0.1) is 0 Å². The summed E-state index contributed by atoms with van der Waals surface area (Å²) < 4.78 is 0. The minimum absolute atomic E-state index is 0.0823. The van der Waals surface area contributed by atoms with E-state index in [4.69, 9.17) is 11.8 Å². The Morgan fingerprint density at radius 3 is 2.20 bits per heavy atom. The topological polar surface area (TPSA) is 0 Å². The summed E-state index contributed by atoms with van der Waals surface area (Å²) in [6, 6.07) is 0. The van der Waals surface area contributed by atoms with Gasteiger partial charge in [0, 0.05) is 0 Å². The fourth-order valence-corrected chi connectivity index (χ4v) is 2.83. The summed E-state index contributed by atoms with van der Waals surface area (Å²) in [5, 5.41) is 0. The molecule has 1 atom stereocenters. The highest BCUT2D eigenvalue weighted by atomic mass is 32.9. The average Bonchev–Trinajstić information content (AvgIpc) is 1.30. The van der Waals surface area contributed by atoms with E-state index in [2.05, 4.69) is 0 Å². The molecule has 28 valence electrons. The third-order valence-electron chi connectivity index (χ3n) is 0.509. The Balaban J connectivity index is 2.32. The lowest BCUT2D eigenvalue weighted by Gasteiger charge is -1.92. The summed E-state index contributed by atoms with van der Waals surface area (Å²) in [4.78, 5) is 0. The SMILES string of the molecule is S=[P+]1CCS1. The Bertz CT molecular complexity index is 54.7. The third-order valence-corrected chi connectivity index (χ3v) is 5.53. The first-order valence-electron chi connectivity index (χ1n) is 1.47. The highest BCUT2D eigenvalue weighted by Crippen LogP contribution is 2.47. The molecule has 1 aliphatic rings. The number of hydrogen-bond donors (Lipinski definition) is 0. The van der Waals surface area contributed by atoms with Crippen LogP contribution >= 0.6 is 17.3 Å². The minimum Gasteiger partial charge on any atom is 0.0818 e. The van der Waals surface area contributed by atoms with E-state index in [0.29, 0.717) is 0 Å². The summed E-state index contributed by atoms with van der Waals surface area (Å²) in [6.07, 6.45) is 1.33. The van der Waals surface area contributed by atoms with Crippen molar-refractivity contribution in [3.63, 3.8) is 0 Å². The Morgan fingerprint density at radius 1 is 1.80 bits per heavy atom. The van der Waals surface area contributed by atoms with Gasteiger partial charge in [-0.1, -0.05) is 0 Å². The molecule has 0 aliphatic carbocycles. The van der Waals surface area contributed by atoms with Crippen LogP contribution < -0.4 is 0 Å². The summed E-state index contributed by atoms with van der Waals surface area (Å²) in [7, 11) is 0. The monoisotopic (exact) mass is 123 g/mol. The first-order valence-corrected chi connectivity index (χ1v) is 5.60. The first-order chi connectivity index (χ1) is 2.39. The van der Waals surface area contributed by atoms with E-state index in [1.165, 1.54) is 11.9 Å². The van der Waals surface area contributed by atoms with Crippen molar-refractivity contribution in [3.05, 3.63) is 0 Å². The summed E-state index contributed by atoms with van der Waals surface area (Å²) >= 11 is 6.83. The molecule has 5 heavy (non-hydrogen) atoms. The van der Waals surface area contributed by atoms with E-state index in [1.807, 2.05) is 11.4 Å². The second-order valence-electron chi connectivity index (χ2n) is 0.890. The number of hydrogen-bond acceptors (Lipinski definition) is 2. The maximum absolute atomic E-state index is 4.89. The van der Waals surface area contributed by atoms with Gasteiger partial charge in [0.05, 0.1) is 17.1 Å². The van der Waals surface area contributed by atoms with Gasteiger partial charge < -0.3 is 0 Å². The molecule has 1 rings (SSSR count). The molecule has 3 heteroatoms. The lowest BCUT2D eigenvalue weighted by atomic mass is 11.0. The Hall–Kier alpha value is 0.870. The quantitative estimate of drug-likeness (QED) is 0.449. The zero-order chi connectivity index (χ0) is 3.70. The molecule has 1 unspecified atom stereocenters. The van der Waals surface area contributed by atoms with Crippen LogP contribution in [0.5, 0.6) is 0 Å². The molecule has 1 saturated heterocycles. The van der Waals surface area contributed by atoms with Crippen LogP contribution in [0.3, 0.4) is 0 Å². The van der Waals surface area contributed by atoms with Crippen molar-refractivity contribution in [2.45, 2.75) is 0 Å². The van der Waals surface area contributed by atoms with Gasteiger partial charge in [0.15, 0.2) is 11.8 Å². The Labute approximate surface area is 41.5 Å². The van der Waals surface area contributed by atoms with E-state index >= 15 is 0 Å². The molecule has 0 bridgehead atoms. The lowest BCUT2D eigenvalue weighted by molar-refractivity contribution is 1.54. The molecule has 0 saturated carbocycles. The fraction of sp³-hybridized carbons (Fsp3) is 1.00. The van der Waals surface area contributed by atoms with E-state index in [0.717, 1.165) is 0 Å². The minimum atomic E-state index is 0.0823. The van der Waals surface area contributed by atoms with E-state index < -0.39 is 0 Å². The number of rotatable bonds is 0. The molecule has 0 N–H and O–H groups in total. The molecule has 1 heterocycles. The van der Waals surface area contributed by atoms with Crippen LogP contribution in [0.25, 0.3) is 0 Å². The second-order valence-corrected chi connectivity index (χ2v) is 6.78. The van der Waals surface area contributed by atoms with E-state index in [1.54, 1.807) is 0 Å². The van der Waals surface area contributed by atoms with Gasteiger partial charge in [-0.05, 0) is 0 Å². The van der Waals surface area contributed by atoms with Crippen molar-refractivity contribution < 1.29 is 0 Å². The Morgan fingerprint density at radius 2 is 2.20 bits per heavy atom. The van der Waals surface area contributed by atoms with Crippen molar-refractivity contribution in [1.29, 1.82) is 0 Å². The molecular weight excluding hydrogens is 119 g/mol. The van der Waals surface area contributed by atoms with Crippen LogP contribution in [0.4, 0.5) is 0 Å². The smallest absolute Gasteiger partial charge is 0.0818 e. The van der Waals surface area contributed by atoms with E-state index in [-0.39, 0.29) is 5.90 Å². The maximum atomic E-state index is 4.89. The second kappa shape index (κ2) is 1.55.